The summed E-state index contributed by atoms with van der Waals surface area (Å²) in [5.74, 6) is 1.22. The van der Waals surface area contributed by atoms with Crippen molar-refractivity contribution in [1.82, 2.24) is 0 Å². The third-order valence-corrected chi connectivity index (χ3v) is 2.95. The van der Waals surface area contributed by atoms with Crippen molar-refractivity contribution in [2.24, 2.45) is 17.3 Å². The van der Waals surface area contributed by atoms with Gasteiger partial charge in [0.2, 0.25) is 0 Å². The zero-order valence-electron chi connectivity index (χ0n) is 5.76. The summed E-state index contributed by atoms with van der Waals surface area (Å²) in [6.07, 6.45) is 5.04. The first-order valence-electron chi connectivity index (χ1n) is 3.71. The first kappa shape index (κ1) is 5.45. The molecule has 1 heteroatoms. The van der Waals surface area contributed by atoms with Crippen molar-refractivity contribution in [2.75, 3.05) is 0 Å². The first-order valence-corrected chi connectivity index (χ1v) is 3.71. The molecule has 2 atom stereocenters. The Morgan fingerprint density at radius 3 is 2.56 bits per heavy atom. The Morgan fingerprint density at radius 1 is 1.56 bits per heavy atom. The van der Waals surface area contributed by atoms with Crippen LogP contribution in [-0.4, -0.2) is 6.29 Å². The maximum atomic E-state index is 10.3. The van der Waals surface area contributed by atoms with Crippen molar-refractivity contribution in [2.45, 2.75) is 26.2 Å². The highest BCUT2D eigenvalue weighted by molar-refractivity contribution is 5.58. The lowest BCUT2D eigenvalue weighted by atomic mass is 10.0. The Labute approximate surface area is 55.4 Å². The van der Waals surface area contributed by atoms with E-state index in [1.807, 2.05) is 0 Å². The molecule has 2 aliphatic rings. The summed E-state index contributed by atoms with van der Waals surface area (Å²) in [6.45, 7) is 2.31. The number of hydrogen-bond donors (Lipinski definition) is 0. The van der Waals surface area contributed by atoms with Gasteiger partial charge in [-0.05, 0) is 30.6 Å². The quantitative estimate of drug-likeness (QED) is 0.511. The number of carbonyl (C=O) groups is 1. The summed E-state index contributed by atoms with van der Waals surface area (Å²) in [4.78, 5) is 10.3. The summed E-state index contributed by atoms with van der Waals surface area (Å²) < 4.78 is 0. The Hall–Kier alpha value is -0.330. The van der Waals surface area contributed by atoms with E-state index in [0.717, 1.165) is 12.2 Å². The molecular weight excluding hydrogens is 112 g/mol. The molecule has 2 fully saturated rings. The second-order valence-electron chi connectivity index (χ2n) is 3.80. The van der Waals surface area contributed by atoms with Crippen LogP contribution < -0.4 is 0 Å². The van der Waals surface area contributed by atoms with E-state index in [2.05, 4.69) is 6.92 Å². The van der Waals surface area contributed by atoms with Crippen LogP contribution in [0, 0.1) is 17.3 Å². The van der Waals surface area contributed by atoms with Gasteiger partial charge in [-0.15, -0.1) is 0 Å². The average molecular weight is 124 g/mol. The van der Waals surface area contributed by atoms with E-state index >= 15 is 0 Å². The van der Waals surface area contributed by atoms with Gasteiger partial charge in [0.1, 0.15) is 6.29 Å². The molecule has 9 heavy (non-hydrogen) atoms. The molecule has 0 bridgehead atoms. The van der Waals surface area contributed by atoms with E-state index in [4.69, 9.17) is 0 Å². The van der Waals surface area contributed by atoms with Gasteiger partial charge in [-0.2, -0.15) is 0 Å². The molecule has 0 spiro atoms. The highest BCUT2D eigenvalue weighted by atomic mass is 16.1. The molecule has 2 rings (SSSR count). The van der Waals surface area contributed by atoms with Crippen LogP contribution in [0.5, 0.6) is 0 Å². The minimum absolute atomic E-state index is 0.442. The monoisotopic (exact) mass is 124 g/mol. The van der Waals surface area contributed by atoms with E-state index in [9.17, 15) is 4.79 Å². The Morgan fingerprint density at radius 2 is 2.22 bits per heavy atom. The van der Waals surface area contributed by atoms with Crippen LogP contribution in [0.3, 0.4) is 0 Å². The van der Waals surface area contributed by atoms with Gasteiger partial charge >= 0.3 is 0 Å². The molecule has 0 amide bonds. The number of rotatable bonds is 2. The minimum atomic E-state index is 0.442. The van der Waals surface area contributed by atoms with Gasteiger partial charge in [-0.25, -0.2) is 0 Å². The van der Waals surface area contributed by atoms with E-state index in [0.29, 0.717) is 11.3 Å². The maximum Gasteiger partial charge on any atom is 0.123 e. The second kappa shape index (κ2) is 1.39. The summed E-state index contributed by atoms with van der Waals surface area (Å²) in [5, 5.41) is 0. The Bertz CT molecular complexity index is 147. The van der Waals surface area contributed by atoms with Gasteiger partial charge in [0.25, 0.3) is 0 Å². The molecule has 0 aromatic rings. The first-order chi connectivity index (χ1) is 4.26. The fraction of sp³-hybridized carbons (Fsp3) is 0.875. The Kier molecular flexibility index (Phi) is 0.842. The van der Waals surface area contributed by atoms with E-state index < -0.39 is 0 Å². The molecule has 1 nitrogen and oxygen atoms in total. The van der Waals surface area contributed by atoms with Crippen molar-refractivity contribution in [3.05, 3.63) is 0 Å². The van der Waals surface area contributed by atoms with Crippen molar-refractivity contribution >= 4 is 6.29 Å². The Balaban J connectivity index is 1.96. The van der Waals surface area contributed by atoms with Gasteiger partial charge in [0, 0.05) is 5.92 Å². The fourth-order valence-electron chi connectivity index (χ4n) is 1.73. The third-order valence-electron chi connectivity index (χ3n) is 2.95. The van der Waals surface area contributed by atoms with E-state index in [1.54, 1.807) is 0 Å². The molecule has 0 radical (unpaired) electrons. The van der Waals surface area contributed by atoms with Gasteiger partial charge in [-0.1, -0.05) is 6.92 Å². The van der Waals surface area contributed by atoms with Crippen LogP contribution in [-0.2, 0) is 4.79 Å². The van der Waals surface area contributed by atoms with E-state index in [-0.39, 0.29) is 0 Å². The second-order valence-corrected chi connectivity index (χ2v) is 3.80. The summed E-state index contributed by atoms with van der Waals surface area (Å²) in [5.41, 5.74) is 0.603. The lowest BCUT2D eigenvalue weighted by molar-refractivity contribution is -0.109. The maximum absolute atomic E-state index is 10.3. The standard InChI is InChI=1S/C8H12O/c1-8(2-3-8)7-4-6(7)5-9/h5-7H,2-4H2,1H3/t6-,7-/m1/s1. The zero-order chi connectivity index (χ0) is 6.48. The average Bonchev–Trinajstić information content (AvgIpc) is 2.60. The van der Waals surface area contributed by atoms with Gasteiger partial charge in [0.05, 0.1) is 0 Å². The van der Waals surface area contributed by atoms with Crippen LogP contribution >= 0.6 is 0 Å². The van der Waals surface area contributed by atoms with Crippen molar-refractivity contribution in [1.29, 1.82) is 0 Å². The minimum Gasteiger partial charge on any atom is -0.303 e. The molecule has 0 saturated heterocycles. The largest absolute Gasteiger partial charge is 0.303 e. The van der Waals surface area contributed by atoms with Crippen LogP contribution in [0.25, 0.3) is 0 Å². The molecule has 0 N–H and O–H groups in total. The molecule has 0 aromatic carbocycles. The van der Waals surface area contributed by atoms with Crippen LogP contribution in [0.15, 0.2) is 0 Å². The van der Waals surface area contributed by atoms with Gasteiger partial charge < -0.3 is 4.79 Å². The molecule has 0 unspecified atom stereocenters. The highest BCUT2D eigenvalue weighted by Gasteiger charge is 2.55. The number of carbonyl (C=O) groups excluding carboxylic acids is 1. The number of aldehydes is 1. The molecule has 2 saturated carbocycles. The fourth-order valence-corrected chi connectivity index (χ4v) is 1.73. The zero-order valence-corrected chi connectivity index (χ0v) is 5.76. The smallest absolute Gasteiger partial charge is 0.123 e. The molecule has 50 valence electrons. The molecule has 0 heterocycles. The van der Waals surface area contributed by atoms with Crippen LogP contribution in [0.1, 0.15) is 26.2 Å². The van der Waals surface area contributed by atoms with Crippen molar-refractivity contribution < 1.29 is 4.79 Å². The summed E-state index contributed by atoms with van der Waals surface area (Å²) in [7, 11) is 0. The molecular formula is C8H12O. The van der Waals surface area contributed by atoms with Crippen molar-refractivity contribution in [3.8, 4) is 0 Å². The third kappa shape index (κ3) is 0.707. The van der Waals surface area contributed by atoms with Crippen LogP contribution in [0.4, 0.5) is 0 Å². The SMILES string of the molecule is CC1([C@@H]2C[C@@H]2C=O)CC1. The number of hydrogen-bond acceptors (Lipinski definition) is 1. The van der Waals surface area contributed by atoms with Crippen molar-refractivity contribution in [3.63, 3.8) is 0 Å². The molecule has 2 aliphatic carbocycles. The highest BCUT2D eigenvalue weighted by Crippen LogP contribution is 2.63. The van der Waals surface area contributed by atoms with Crippen LogP contribution in [0.2, 0.25) is 0 Å². The lowest BCUT2D eigenvalue weighted by Gasteiger charge is -2.02. The predicted octanol–water partition coefficient (Wildman–Crippen LogP) is 1.62. The summed E-state index contributed by atoms with van der Waals surface area (Å²) >= 11 is 0. The van der Waals surface area contributed by atoms with Gasteiger partial charge in [-0.3, -0.25) is 0 Å². The normalized spacial score (nSPS) is 44.1. The molecule has 0 aromatic heterocycles. The predicted molar refractivity (Wildman–Crippen MR) is 35.0 cm³/mol. The summed E-state index contributed by atoms with van der Waals surface area (Å²) in [6, 6.07) is 0. The lowest BCUT2D eigenvalue weighted by Crippen LogP contribution is -1.98. The molecule has 0 aliphatic heterocycles. The van der Waals surface area contributed by atoms with Gasteiger partial charge in [0.15, 0.2) is 0 Å². The topological polar surface area (TPSA) is 17.1 Å². The van der Waals surface area contributed by atoms with E-state index in [1.165, 1.54) is 19.3 Å².